The molecule has 1 aromatic carbocycles. The van der Waals surface area contributed by atoms with Crippen LogP contribution >= 0.6 is 27.3 Å². The zero-order valence-electron chi connectivity index (χ0n) is 9.35. The van der Waals surface area contributed by atoms with E-state index in [-0.39, 0.29) is 12.6 Å². The van der Waals surface area contributed by atoms with Gasteiger partial charge in [0.05, 0.1) is 12.3 Å². The number of hydrogen-bond donors (Lipinski definition) is 2. The number of benzene rings is 1. The summed E-state index contributed by atoms with van der Waals surface area (Å²) in [5, 5.41) is 14.9. The number of nitrogens with one attached hydrogen (secondary N) is 1. The summed E-state index contributed by atoms with van der Waals surface area (Å²) in [6.07, 6.45) is 0. The average Bonchev–Trinajstić information content (AvgIpc) is 2.77. The van der Waals surface area contributed by atoms with Crippen molar-refractivity contribution in [2.45, 2.75) is 13.0 Å². The number of rotatable bonds is 4. The lowest BCUT2D eigenvalue weighted by molar-refractivity contribution is 0.281. The molecule has 17 heavy (non-hydrogen) atoms. The first kappa shape index (κ1) is 12.5. The van der Waals surface area contributed by atoms with Crippen molar-refractivity contribution in [3.63, 3.8) is 0 Å². The second-order valence-corrected chi connectivity index (χ2v) is 5.55. The van der Waals surface area contributed by atoms with E-state index in [4.69, 9.17) is 5.11 Å². The molecule has 0 spiro atoms. The Morgan fingerprint density at radius 3 is 3.06 bits per heavy atom. The average molecular weight is 313 g/mol. The quantitative estimate of drug-likeness (QED) is 0.910. The summed E-state index contributed by atoms with van der Waals surface area (Å²) < 4.78 is 1.04. The van der Waals surface area contributed by atoms with Crippen molar-refractivity contribution < 1.29 is 5.11 Å². The van der Waals surface area contributed by atoms with Crippen LogP contribution in [0.25, 0.3) is 11.3 Å². The molecular formula is C12H13BrN2OS. The molecule has 0 fully saturated rings. The summed E-state index contributed by atoms with van der Waals surface area (Å²) in [5.74, 6) is 0. The van der Waals surface area contributed by atoms with E-state index >= 15 is 0 Å². The van der Waals surface area contributed by atoms with Gasteiger partial charge in [0.25, 0.3) is 0 Å². The first-order valence-corrected chi connectivity index (χ1v) is 6.95. The Bertz CT molecular complexity index is 501. The minimum atomic E-state index is 0.0245. The Labute approximate surface area is 113 Å². The number of thiazole rings is 1. The molecule has 1 aromatic heterocycles. The van der Waals surface area contributed by atoms with Crippen molar-refractivity contribution in [3.05, 3.63) is 34.1 Å². The van der Waals surface area contributed by atoms with Crippen LogP contribution in [0.5, 0.6) is 0 Å². The summed E-state index contributed by atoms with van der Waals surface area (Å²) >= 11 is 4.99. The van der Waals surface area contributed by atoms with Gasteiger partial charge in [-0.3, -0.25) is 0 Å². The Hall–Kier alpha value is -0.910. The van der Waals surface area contributed by atoms with Crippen molar-refractivity contribution in [2.75, 3.05) is 11.9 Å². The molecule has 2 aromatic rings. The molecule has 1 heterocycles. The number of hydrogen-bond acceptors (Lipinski definition) is 4. The van der Waals surface area contributed by atoms with Crippen LogP contribution in [0.15, 0.2) is 34.1 Å². The molecular weight excluding hydrogens is 300 g/mol. The molecule has 0 bridgehead atoms. The molecule has 0 amide bonds. The maximum absolute atomic E-state index is 8.96. The van der Waals surface area contributed by atoms with Crippen molar-refractivity contribution in [1.82, 2.24) is 4.98 Å². The van der Waals surface area contributed by atoms with E-state index in [1.165, 1.54) is 0 Å². The maximum Gasteiger partial charge on any atom is 0.183 e. The van der Waals surface area contributed by atoms with Crippen LogP contribution in [0.1, 0.15) is 6.92 Å². The second-order valence-electron chi connectivity index (χ2n) is 3.78. The molecule has 0 aliphatic heterocycles. The first-order chi connectivity index (χ1) is 8.19. The fourth-order valence-electron chi connectivity index (χ4n) is 1.38. The lowest BCUT2D eigenvalue weighted by Crippen LogP contribution is -2.18. The third-order valence-electron chi connectivity index (χ3n) is 2.27. The van der Waals surface area contributed by atoms with Crippen LogP contribution in [0.3, 0.4) is 0 Å². The predicted octanol–water partition coefficient (Wildman–Crippen LogP) is 3.37. The van der Waals surface area contributed by atoms with E-state index in [1.807, 2.05) is 36.6 Å². The summed E-state index contributed by atoms with van der Waals surface area (Å²) in [7, 11) is 0. The maximum atomic E-state index is 8.96. The van der Waals surface area contributed by atoms with E-state index < -0.39 is 0 Å². The lowest BCUT2D eigenvalue weighted by atomic mass is 10.2. The highest BCUT2D eigenvalue weighted by molar-refractivity contribution is 9.10. The number of aromatic nitrogens is 1. The molecule has 0 unspecified atom stereocenters. The van der Waals surface area contributed by atoms with E-state index in [0.29, 0.717) is 0 Å². The van der Waals surface area contributed by atoms with Crippen LogP contribution in [-0.4, -0.2) is 22.7 Å². The highest BCUT2D eigenvalue weighted by Crippen LogP contribution is 2.27. The molecule has 2 rings (SSSR count). The van der Waals surface area contributed by atoms with Gasteiger partial charge in [-0.1, -0.05) is 28.1 Å². The van der Waals surface area contributed by atoms with Gasteiger partial charge in [0.2, 0.25) is 0 Å². The number of aliphatic hydroxyl groups excluding tert-OH is 1. The topological polar surface area (TPSA) is 45.1 Å². The Morgan fingerprint density at radius 2 is 2.35 bits per heavy atom. The molecule has 2 N–H and O–H groups in total. The Kier molecular flexibility index (Phi) is 4.15. The van der Waals surface area contributed by atoms with Gasteiger partial charge in [-0.2, -0.15) is 0 Å². The summed E-state index contributed by atoms with van der Waals surface area (Å²) in [6.45, 7) is 2.02. The molecule has 0 radical (unpaired) electrons. The smallest absolute Gasteiger partial charge is 0.183 e. The highest BCUT2D eigenvalue weighted by Gasteiger charge is 2.06. The summed E-state index contributed by atoms with van der Waals surface area (Å²) in [5.41, 5.74) is 2.03. The molecule has 90 valence electrons. The van der Waals surface area contributed by atoms with Crippen molar-refractivity contribution >= 4 is 32.4 Å². The zero-order valence-corrected chi connectivity index (χ0v) is 11.8. The minimum Gasteiger partial charge on any atom is -0.394 e. The largest absolute Gasteiger partial charge is 0.394 e. The second kappa shape index (κ2) is 5.62. The minimum absolute atomic E-state index is 0.0245. The Morgan fingerprint density at radius 1 is 1.53 bits per heavy atom. The van der Waals surface area contributed by atoms with Crippen LogP contribution in [0.2, 0.25) is 0 Å². The summed E-state index contributed by atoms with van der Waals surface area (Å²) in [4.78, 5) is 4.48. The third kappa shape index (κ3) is 3.28. The van der Waals surface area contributed by atoms with Gasteiger partial charge in [-0.15, -0.1) is 11.3 Å². The summed E-state index contributed by atoms with van der Waals surface area (Å²) in [6, 6.07) is 8.06. The fourth-order valence-corrected chi connectivity index (χ4v) is 2.61. The number of aliphatic hydroxyl groups is 1. The fraction of sp³-hybridized carbons (Fsp3) is 0.250. The number of anilines is 1. The molecule has 0 saturated heterocycles. The van der Waals surface area contributed by atoms with E-state index in [0.717, 1.165) is 20.9 Å². The zero-order chi connectivity index (χ0) is 12.3. The molecule has 5 heteroatoms. The van der Waals surface area contributed by atoms with Gasteiger partial charge >= 0.3 is 0 Å². The first-order valence-electron chi connectivity index (χ1n) is 5.28. The Balaban J connectivity index is 2.18. The van der Waals surface area contributed by atoms with Crippen molar-refractivity contribution in [1.29, 1.82) is 0 Å². The van der Waals surface area contributed by atoms with Crippen molar-refractivity contribution in [3.8, 4) is 11.3 Å². The van der Waals surface area contributed by atoms with Crippen LogP contribution in [0.4, 0.5) is 5.13 Å². The van der Waals surface area contributed by atoms with Gasteiger partial charge in [-0.05, 0) is 19.1 Å². The number of halogens is 1. The van der Waals surface area contributed by atoms with Gasteiger partial charge < -0.3 is 10.4 Å². The van der Waals surface area contributed by atoms with E-state index in [1.54, 1.807) is 11.3 Å². The van der Waals surface area contributed by atoms with Crippen LogP contribution in [-0.2, 0) is 0 Å². The molecule has 3 nitrogen and oxygen atoms in total. The normalized spacial score (nSPS) is 12.4. The van der Waals surface area contributed by atoms with Crippen LogP contribution < -0.4 is 5.32 Å². The van der Waals surface area contributed by atoms with Gasteiger partial charge in [0, 0.05) is 21.5 Å². The van der Waals surface area contributed by atoms with Crippen molar-refractivity contribution in [2.24, 2.45) is 0 Å². The molecule has 0 saturated carbocycles. The SMILES string of the molecule is C[C@H](CO)Nc1nc(-c2cccc(Br)c2)cs1. The monoisotopic (exact) mass is 312 g/mol. The van der Waals surface area contributed by atoms with E-state index in [2.05, 4.69) is 26.2 Å². The van der Waals surface area contributed by atoms with Gasteiger partial charge in [-0.25, -0.2) is 4.98 Å². The van der Waals surface area contributed by atoms with Crippen LogP contribution in [0, 0.1) is 0 Å². The number of nitrogens with zero attached hydrogens (tertiary/aromatic N) is 1. The molecule has 0 aliphatic carbocycles. The standard InChI is InChI=1S/C12H13BrN2OS/c1-8(6-16)14-12-15-11(7-17-12)9-3-2-4-10(13)5-9/h2-5,7-8,16H,6H2,1H3,(H,14,15)/t8-/m1/s1. The molecule has 0 aliphatic rings. The third-order valence-corrected chi connectivity index (χ3v) is 3.54. The predicted molar refractivity (Wildman–Crippen MR) is 75.4 cm³/mol. The van der Waals surface area contributed by atoms with Gasteiger partial charge in [0.15, 0.2) is 5.13 Å². The highest BCUT2D eigenvalue weighted by atomic mass is 79.9. The lowest BCUT2D eigenvalue weighted by Gasteiger charge is -2.07. The van der Waals surface area contributed by atoms with Gasteiger partial charge in [0.1, 0.15) is 0 Å². The molecule has 1 atom stereocenters. The van der Waals surface area contributed by atoms with E-state index in [9.17, 15) is 0 Å².